The van der Waals surface area contributed by atoms with E-state index in [0.29, 0.717) is 0 Å². The number of benzene rings is 1. The molecule has 2 rings (SSSR count). The molecule has 3 heteroatoms. The molecule has 1 aromatic carbocycles. The predicted molar refractivity (Wildman–Crippen MR) is 75.7 cm³/mol. The van der Waals surface area contributed by atoms with E-state index in [4.69, 9.17) is 4.74 Å². The Morgan fingerprint density at radius 2 is 2.11 bits per heavy atom. The lowest BCUT2D eigenvalue weighted by molar-refractivity contribution is 0.0631. The van der Waals surface area contributed by atoms with E-state index in [1.165, 1.54) is 5.56 Å². The van der Waals surface area contributed by atoms with Crippen molar-refractivity contribution in [2.75, 3.05) is 19.7 Å². The fourth-order valence-electron chi connectivity index (χ4n) is 2.87. The Bertz CT molecular complexity index is 392. The fraction of sp³-hybridized carbons (Fsp3) is 0.625. The van der Waals surface area contributed by atoms with E-state index in [9.17, 15) is 4.39 Å². The van der Waals surface area contributed by atoms with Crippen LogP contribution in [0.1, 0.15) is 32.3 Å². The van der Waals surface area contributed by atoms with Gasteiger partial charge in [0.15, 0.2) is 0 Å². The van der Waals surface area contributed by atoms with E-state index in [1.54, 1.807) is 12.1 Å². The lowest BCUT2D eigenvalue weighted by Crippen LogP contribution is -2.41. The predicted octanol–water partition coefficient (Wildman–Crippen LogP) is 3.16. The van der Waals surface area contributed by atoms with Gasteiger partial charge in [0.25, 0.3) is 0 Å². The van der Waals surface area contributed by atoms with Gasteiger partial charge in [-0.2, -0.15) is 0 Å². The summed E-state index contributed by atoms with van der Waals surface area (Å²) in [4.78, 5) is 0. The summed E-state index contributed by atoms with van der Waals surface area (Å²) in [6, 6.07) is 6.87. The first-order chi connectivity index (χ1) is 9.16. The number of hydrogen-bond acceptors (Lipinski definition) is 2. The molecule has 2 unspecified atom stereocenters. The van der Waals surface area contributed by atoms with Gasteiger partial charge in [-0.1, -0.05) is 19.1 Å². The van der Waals surface area contributed by atoms with E-state index in [0.717, 1.165) is 39.0 Å². The maximum absolute atomic E-state index is 13.0. The smallest absolute Gasteiger partial charge is 0.123 e. The first kappa shape index (κ1) is 14.5. The van der Waals surface area contributed by atoms with Crippen molar-refractivity contribution in [2.45, 2.75) is 39.2 Å². The van der Waals surface area contributed by atoms with Crippen molar-refractivity contribution >= 4 is 0 Å². The SMILES string of the molecule is CCCNCC1(Cc2ccc(F)cc2)CCOC1C. The molecule has 1 fully saturated rings. The van der Waals surface area contributed by atoms with Gasteiger partial charge in [-0.15, -0.1) is 0 Å². The van der Waals surface area contributed by atoms with Gasteiger partial charge in [0.1, 0.15) is 5.82 Å². The van der Waals surface area contributed by atoms with E-state index < -0.39 is 0 Å². The van der Waals surface area contributed by atoms with E-state index in [1.807, 2.05) is 12.1 Å². The number of hydrogen-bond donors (Lipinski definition) is 1. The van der Waals surface area contributed by atoms with Crippen LogP contribution < -0.4 is 5.32 Å². The second-order valence-electron chi connectivity index (χ2n) is 5.61. The Balaban J connectivity index is 2.07. The molecule has 1 aliphatic rings. The van der Waals surface area contributed by atoms with Crippen LogP contribution in [0, 0.1) is 11.2 Å². The minimum Gasteiger partial charge on any atom is -0.378 e. The summed E-state index contributed by atoms with van der Waals surface area (Å²) in [5.74, 6) is -0.169. The molecule has 1 heterocycles. The minimum atomic E-state index is -0.169. The monoisotopic (exact) mass is 265 g/mol. The second kappa shape index (κ2) is 6.49. The van der Waals surface area contributed by atoms with E-state index in [2.05, 4.69) is 19.2 Å². The number of nitrogens with one attached hydrogen (secondary N) is 1. The van der Waals surface area contributed by atoms with E-state index >= 15 is 0 Å². The van der Waals surface area contributed by atoms with Gasteiger partial charge in [0.05, 0.1) is 6.10 Å². The third-order valence-electron chi connectivity index (χ3n) is 4.20. The second-order valence-corrected chi connectivity index (χ2v) is 5.61. The Hall–Kier alpha value is -0.930. The lowest BCUT2D eigenvalue weighted by atomic mass is 9.76. The largest absolute Gasteiger partial charge is 0.378 e. The van der Waals surface area contributed by atoms with Gasteiger partial charge in [0, 0.05) is 18.6 Å². The summed E-state index contributed by atoms with van der Waals surface area (Å²) < 4.78 is 18.8. The highest BCUT2D eigenvalue weighted by atomic mass is 19.1. The summed E-state index contributed by atoms with van der Waals surface area (Å²) in [6.07, 6.45) is 3.41. The van der Waals surface area contributed by atoms with Gasteiger partial charge in [0.2, 0.25) is 0 Å². The van der Waals surface area contributed by atoms with Gasteiger partial charge < -0.3 is 10.1 Å². The molecule has 0 amide bonds. The molecule has 0 bridgehead atoms. The maximum atomic E-state index is 13.0. The van der Waals surface area contributed by atoms with Crippen molar-refractivity contribution in [1.29, 1.82) is 0 Å². The Kier molecular flexibility index (Phi) is 4.94. The van der Waals surface area contributed by atoms with Crippen LogP contribution in [0.15, 0.2) is 24.3 Å². The van der Waals surface area contributed by atoms with Crippen molar-refractivity contribution in [1.82, 2.24) is 5.32 Å². The highest BCUT2D eigenvalue weighted by Crippen LogP contribution is 2.37. The van der Waals surface area contributed by atoms with Crippen LogP contribution >= 0.6 is 0 Å². The van der Waals surface area contributed by atoms with Crippen molar-refractivity contribution in [3.8, 4) is 0 Å². The molecular weight excluding hydrogens is 241 g/mol. The molecule has 1 aromatic rings. The molecule has 0 spiro atoms. The summed E-state index contributed by atoms with van der Waals surface area (Å²) in [6.45, 7) is 7.17. The van der Waals surface area contributed by atoms with Crippen LogP contribution in [0.2, 0.25) is 0 Å². The quantitative estimate of drug-likeness (QED) is 0.798. The lowest BCUT2D eigenvalue weighted by Gasteiger charge is -2.33. The average Bonchev–Trinajstić information content (AvgIpc) is 2.75. The summed E-state index contributed by atoms with van der Waals surface area (Å²) in [5, 5.41) is 3.53. The van der Waals surface area contributed by atoms with Crippen LogP contribution in [0.3, 0.4) is 0 Å². The molecule has 1 aliphatic heterocycles. The van der Waals surface area contributed by atoms with Crippen molar-refractivity contribution in [3.63, 3.8) is 0 Å². The minimum absolute atomic E-state index is 0.146. The zero-order valence-corrected chi connectivity index (χ0v) is 11.9. The Morgan fingerprint density at radius 3 is 2.68 bits per heavy atom. The molecular formula is C16H24FNO. The van der Waals surface area contributed by atoms with E-state index in [-0.39, 0.29) is 17.3 Å². The van der Waals surface area contributed by atoms with Crippen LogP contribution in [-0.2, 0) is 11.2 Å². The molecule has 1 N–H and O–H groups in total. The normalized spacial score (nSPS) is 26.8. The Morgan fingerprint density at radius 1 is 1.37 bits per heavy atom. The number of rotatable bonds is 6. The molecule has 19 heavy (non-hydrogen) atoms. The molecule has 1 saturated heterocycles. The molecule has 106 valence electrons. The first-order valence-corrected chi connectivity index (χ1v) is 7.23. The highest BCUT2D eigenvalue weighted by Gasteiger charge is 2.41. The van der Waals surface area contributed by atoms with Crippen LogP contribution in [0.4, 0.5) is 4.39 Å². The van der Waals surface area contributed by atoms with Crippen LogP contribution in [-0.4, -0.2) is 25.8 Å². The van der Waals surface area contributed by atoms with Gasteiger partial charge in [-0.05, 0) is 50.4 Å². The summed E-state index contributed by atoms with van der Waals surface area (Å²) in [5.41, 5.74) is 1.34. The maximum Gasteiger partial charge on any atom is 0.123 e. The highest BCUT2D eigenvalue weighted by molar-refractivity contribution is 5.19. The molecule has 0 aromatic heterocycles. The van der Waals surface area contributed by atoms with Crippen LogP contribution in [0.25, 0.3) is 0 Å². The third kappa shape index (κ3) is 3.54. The van der Waals surface area contributed by atoms with Gasteiger partial charge in [-0.25, -0.2) is 4.39 Å². The van der Waals surface area contributed by atoms with Crippen molar-refractivity contribution < 1.29 is 9.13 Å². The topological polar surface area (TPSA) is 21.3 Å². The Labute approximate surface area is 115 Å². The molecule has 0 radical (unpaired) electrons. The van der Waals surface area contributed by atoms with Gasteiger partial charge in [-0.3, -0.25) is 0 Å². The molecule has 0 aliphatic carbocycles. The molecule has 0 saturated carbocycles. The molecule has 2 atom stereocenters. The summed E-state index contributed by atoms with van der Waals surface area (Å²) in [7, 11) is 0. The number of halogens is 1. The first-order valence-electron chi connectivity index (χ1n) is 7.23. The standard InChI is InChI=1S/C16H24FNO/c1-3-9-18-12-16(8-10-19-13(16)2)11-14-4-6-15(17)7-5-14/h4-7,13,18H,3,8-12H2,1-2H3. The van der Waals surface area contributed by atoms with Gasteiger partial charge >= 0.3 is 0 Å². The summed E-state index contributed by atoms with van der Waals surface area (Å²) >= 11 is 0. The fourth-order valence-corrected chi connectivity index (χ4v) is 2.87. The number of ether oxygens (including phenoxy) is 1. The zero-order chi connectivity index (χ0) is 13.7. The van der Waals surface area contributed by atoms with Crippen molar-refractivity contribution in [3.05, 3.63) is 35.6 Å². The van der Waals surface area contributed by atoms with Crippen molar-refractivity contribution in [2.24, 2.45) is 5.41 Å². The zero-order valence-electron chi connectivity index (χ0n) is 11.9. The third-order valence-corrected chi connectivity index (χ3v) is 4.20. The average molecular weight is 265 g/mol. The van der Waals surface area contributed by atoms with Crippen LogP contribution in [0.5, 0.6) is 0 Å². The molecule has 2 nitrogen and oxygen atoms in total.